The second-order valence-electron chi connectivity index (χ2n) is 6.75. The molecule has 1 fully saturated rings. The van der Waals surface area contributed by atoms with Crippen molar-refractivity contribution < 1.29 is 13.2 Å². The van der Waals surface area contributed by atoms with Crippen LogP contribution in [0, 0.1) is 20.8 Å². The van der Waals surface area contributed by atoms with Crippen molar-refractivity contribution in [2.24, 2.45) is 0 Å². The summed E-state index contributed by atoms with van der Waals surface area (Å²) in [6, 6.07) is 6.86. The minimum atomic E-state index is -3.55. The number of hydrogen-bond acceptors (Lipinski definition) is 7. The number of anilines is 2. The van der Waals surface area contributed by atoms with Crippen LogP contribution in [-0.4, -0.2) is 49.0 Å². The Labute approximate surface area is 168 Å². The van der Waals surface area contributed by atoms with Gasteiger partial charge < -0.3 is 10.1 Å². The first kappa shape index (κ1) is 19.3. The van der Waals surface area contributed by atoms with Gasteiger partial charge in [-0.15, -0.1) is 11.3 Å². The monoisotopic (exact) mass is 418 g/mol. The fraction of sp³-hybridized carbons (Fsp3) is 0.368. The van der Waals surface area contributed by atoms with Gasteiger partial charge in [0, 0.05) is 23.7 Å². The summed E-state index contributed by atoms with van der Waals surface area (Å²) >= 11 is 1.64. The maximum Gasteiger partial charge on any atom is 0.243 e. The molecule has 4 rings (SSSR count). The van der Waals surface area contributed by atoms with Crippen LogP contribution in [0.15, 0.2) is 29.2 Å². The summed E-state index contributed by atoms with van der Waals surface area (Å²) in [5.41, 5.74) is 1.82. The normalized spacial score (nSPS) is 15.8. The van der Waals surface area contributed by atoms with Crippen molar-refractivity contribution in [3.63, 3.8) is 0 Å². The molecule has 0 radical (unpaired) electrons. The number of hydrogen-bond donors (Lipinski definition) is 1. The minimum absolute atomic E-state index is 0.264. The molecule has 3 heterocycles. The highest BCUT2D eigenvalue weighted by Gasteiger charge is 2.26. The van der Waals surface area contributed by atoms with Gasteiger partial charge in [0.1, 0.15) is 16.5 Å². The Bertz CT molecular complexity index is 1140. The smallest absolute Gasteiger partial charge is 0.243 e. The second-order valence-corrected chi connectivity index (χ2v) is 9.89. The molecule has 0 amide bonds. The number of benzene rings is 1. The summed E-state index contributed by atoms with van der Waals surface area (Å²) in [5.74, 6) is 1.37. The molecule has 1 N–H and O–H groups in total. The van der Waals surface area contributed by atoms with Gasteiger partial charge in [0.2, 0.25) is 10.0 Å². The largest absolute Gasteiger partial charge is 0.379 e. The van der Waals surface area contributed by atoms with Gasteiger partial charge in [-0.1, -0.05) is 6.07 Å². The molecule has 1 saturated heterocycles. The van der Waals surface area contributed by atoms with E-state index in [0.29, 0.717) is 43.6 Å². The zero-order valence-electron chi connectivity index (χ0n) is 16.0. The Morgan fingerprint density at radius 3 is 2.64 bits per heavy atom. The summed E-state index contributed by atoms with van der Waals surface area (Å²) in [6.45, 7) is 7.57. The highest BCUT2D eigenvalue weighted by atomic mass is 32.2. The molecule has 2 aromatic heterocycles. The number of nitrogens with one attached hydrogen (secondary N) is 1. The van der Waals surface area contributed by atoms with E-state index < -0.39 is 10.0 Å². The molecular formula is C19H22N4O3S2. The number of rotatable bonds is 4. The molecule has 3 aromatic rings. The summed E-state index contributed by atoms with van der Waals surface area (Å²) in [6.07, 6.45) is 0. The van der Waals surface area contributed by atoms with Gasteiger partial charge in [-0.05, 0) is 44.5 Å². The maximum absolute atomic E-state index is 12.9. The van der Waals surface area contributed by atoms with Gasteiger partial charge in [-0.2, -0.15) is 4.31 Å². The van der Waals surface area contributed by atoms with Crippen LogP contribution in [0.2, 0.25) is 0 Å². The topological polar surface area (TPSA) is 84.4 Å². The molecule has 0 spiro atoms. The van der Waals surface area contributed by atoms with Crippen LogP contribution < -0.4 is 5.32 Å². The molecule has 0 bridgehead atoms. The van der Waals surface area contributed by atoms with Crippen LogP contribution in [0.3, 0.4) is 0 Å². The van der Waals surface area contributed by atoms with Gasteiger partial charge >= 0.3 is 0 Å². The van der Waals surface area contributed by atoms with Crippen LogP contribution in [0.1, 0.15) is 16.3 Å². The molecule has 1 aliphatic heterocycles. The van der Waals surface area contributed by atoms with Gasteiger partial charge in [0.05, 0.1) is 23.5 Å². The van der Waals surface area contributed by atoms with E-state index in [0.717, 1.165) is 15.8 Å². The van der Waals surface area contributed by atoms with Crippen LogP contribution in [-0.2, 0) is 14.8 Å². The number of thiophene rings is 1. The summed E-state index contributed by atoms with van der Waals surface area (Å²) in [4.78, 5) is 11.5. The molecule has 7 nitrogen and oxygen atoms in total. The molecule has 1 aliphatic rings. The van der Waals surface area contributed by atoms with Gasteiger partial charge in [0.25, 0.3) is 0 Å². The van der Waals surface area contributed by atoms with E-state index in [4.69, 9.17) is 4.74 Å². The number of fused-ring (bicyclic) bond motifs is 1. The lowest BCUT2D eigenvalue weighted by atomic mass is 10.2. The van der Waals surface area contributed by atoms with Crippen molar-refractivity contribution in [1.82, 2.24) is 14.3 Å². The van der Waals surface area contributed by atoms with Crippen LogP contribution in [0.4, 0.5) is 11.5 Å². The van der Waals surface area contributed by atoms with Crippen molar-refractivity contribution in [2.75, 3.05) is 31.6 Å². The van der Waals surface area contributed by atoms with Crippen LogP contribution in [0.25, 0.3) is 10.2 Å². The standard InChI is InChI=1S/C19H22N4O3S2/c1-12-13(2)27-19-17(12)18(20-14(3)21-19)22-15-5-4-6-16(11-15)28(24,25)23-7-9-26-10-8-23/h4-6,11H,7-10H2,1-3H3,(H,20,21,22). The SMILES string of the molecule is Cc1nc(Nc2cccc(S(=O)(=O)N3CCOCC3)c2)c2c(C)c(C)sc2n1. The van der Waals surface area contributed by atoms with Crippen LogP contribution >= 0.6 is 11.3 Å². The van der Waals surface area contributed by atoms with Gasteiger partial charge in [0.15, 0.2) is 0 Å². The lowest BCUT2D eigenvalue weighted by Gasteiger charge is -2.26. The van der Waals surface area contributed by atoms with Crippen molar-refractivity contribution in [1.29, 1.82) is 0 Å². The molecule has 1 aromatic carbocycles. The second kappa shape index (κ2) is 7.40. The number of aryl methyl sites for hydroxylation is 3. The van der Waals surface area contributed by atoms with E-state index in [9.17, 15) is 8.42 Å². The quantitative estimate of drug-likeness (QED) is 0.699. The zero-order chi connectivity index (χ0) is 19.9. The lowest BCUT2D eigenvalue weighted by molar-refractivity contribution is 0.0730. The third-order valence-electron chi connectivity index (χ3n) is 4.85. The molecule has 28 heavy (non-hydrogen) atoms. The third kappa shape index (κ3) is 3.50. The molecule has 9 heteroatoms. The summed E-state index contributed by atoms with van der Waals surface area (Å²) in [7, 11) is -3.55. The van der Waals surface area contributed by atoms with E-state index in [-0.39, 0.29) is 4.90 Å². The van der Waals surface area contributed by atoms with Crippen molar-refractivity contribution in [2.45, 2.75) is 25.7 Å². The first-order chi connectivity index (χ1) is 13.4. The fourth-order valence-electron chi connectivity index (χ4n) is 3.25. The number of aromatic nitrogens is 2. The predicted octanol–water partition coefficient (Wildman–Crippen LogP) is 3.38. The average molecular weight is 419 g/mol. The summed E-state index contributed by atoms with van der Waals surface area (Å²) in [5, 5.41) is 4.29. The van der Waals surface area contributed by atoms with Crippen LogP contribution in [0.5, 0.6) is 0 Å². The Morgan fingerprint density at radius 2 is 1.89 bits per heavy atom. The Kier molecular flexibility index (Phi) is 5.09. The van der Waals surface area contributed by atoms with E-state index in [1.54, 1.807) is 29.5 Å². The number of sulfonamides is 1. The average Bonchev–Trinajstić information content (AvgIpc) is 2.96. The van der Waals surface area contributed by atoms with Crippen molar-refractivity contribution in [3.05, 3.63) is 40.5 Å². The fourth-order valence-corrected chi connectivity index (χ4v) is 5.78. The van der Waals surface area contributed by atoms with Gasteiger partial charge in [-0.25, -0.2) is 18.4 Å². The minimum Gasteiger partial charge on any atom is -0.379 e. The molecular weight excluding hydrogens is 396 g/mol. The van der Waals surface area contributed by atoms with Crippen molar-refractivity contribution >= 4 is 43.1 Å². The van der Waals surface area contributed by atoms with Gasteiger partial charge in [-0.3, -0.25) is 0 Å². The van der Waals surface area contributed by atoms with E-state index in [1.165, 1.54) is 9.18 Å². The molecule has 0 saturated carbocycles. The van der Waals surface area contributed by atoms with Crippen molar-refractivity contribution in [3.8, 4) is 0 Å². The predicted molar refractivity (Wildman–Crippen MR) is 111 cm³/mol. The molecule has 148 valence electrons. The number of ether oxygens (including phenoxy) is 1. The zero-order valence-corrected chi connectivity index (χ0v) is 17.7. The van der Waals surface area contributed by atoms with E-state index in [2.05, 4.69) is 29.1 Å². The highest BCUT2D eigenvalue weighted by molar-refractivity contribution is 7.89. The Balaban J connectivity index is 1.71. The molecule has 0 atom stereocenters. The Hall–Kier alpha value is -2.07. The number of nitrogens with zero attached hydrogens (tertiary/aromatic N) is 3. The van der Waals surface area contributed by atoms with E-state index >= 15 is 0 Å². The first-order valence-corrected chi connectivity index (χ1v) is 11.3. The Morgan fingerprint density at radius 1 is 1.14 bits per heavy atom. The first-order valence-electron chi connectivity index (χ1n) is 9.05. The highest BCUT2D eigenvalue weighted by Crippen LogP contribution is 2.34. The maximum atomic E-state index is 12.9. The van der Waals surface area contributed by atoms with E-state index in [1.807, 2.05) is 13.0 Å². The number of morpholine rings is 1. The third-order valence-corrected chi connectivity index (χ3v) is 7.84. The molecule has 0 aliphatic carbocycles. The molecule has 0 unspecified atom stereocenters. The lowest BCUT2D eigenvalue weighted by Crippen LogP contribution is -2.40. The summed E-state index contributed by atoms with van der Waals surface area (Å²) < 4.78 is 32.6.